The average molecular weight is 281 g/mol. The van der Waals surface area contributed by atoms with Gasteiger partial charge in [-0.25, -0.2) is 9.78 Å². The number of benzene rings is 1. The molecule has 2 heterocycles. The highest BCUT2D eigenvalue weighted by atomic mass is 35.5. The summed E-state index contributed by atoms with van der Waals surface area (Å²) < 4.78 is 1.54. The van der Waals surface area contributed by atoms with Crippen molar-refractivity contribution in [1.82, 2.24) is 20.0 Å². The minimum Gasteiger partial charge on any atom is -0.265 e. The minimum absolute atomic E-state index is 0.320. The molecule has 0 aliphatic carbocycles. The average Bonchev–Trinajstić information content (AvgIpc) is 2.73. The molecule has 1 N–H and O–H groups in total. The molecule has 18 heavy (non-hydrogen) atoms. The summed E-state index contributed by atoms with van der Waals surface area (Å²) in [7, 11) is 0. The SMILES string of the molecule is O=c1[nH]ncc2cn(-c3cc(Cl)cc(Cl)c3)nc12. The maximum absolute atomic E-state index is 11.5. The molecule has 3 aromatic rings. The number of fused-ring (bicyclic) bond motifs is 1. The Hall–Kier alpha value is -1.85. The van der Waals surface area contributed by atoms with Crippen molar-refractivity contribution in [3.63, 3.8) is 0 Å². The molecule has 0 saturated heterocycles. The Kier molecular flexibility index (Phi) is 2.57. The van der Waals surface area contributed by atoms with Gasteiger partial charge in [-0.05, 0) is 18.2 Å². The number of aromatic nitrogens is 4. The highest BCUT2D eigenvalue weighted by molar-refractivity contribution is 6.34. The maximum Gasteiger partial charge on any atom is 0.292 e. The molecule has 0 radical (unpaired) electrons. The number of aromatic amines is 1. The lowest BCUT2D eigenvalue weighted by Crippen LogP contribution is -2.07. The van der Waals surface area contributed by atoms with Crippen LogP contribution in [0.5, 0.6) is 0 Å². The molecule has 0 bridgehead atoms. The summed E-state index contributed by atoms with van der Waals surface area (Å²) in [5.41, 5.74) is 0.670. The van der Waals surface area contributed by atoms with Crippen molar-refractivity contribution in [2.24, 2.45) is 0 Å². The van der Waals surface area contributed by atoms with E-state index in [4.69, 9.17) is 23.2 Å². The number of H-pyrrole nitrogens is 1. The summed E-state index contributed by atoms with van der Waals surface area (Å²) in [6.07, 6.45) is 3.23. The molecular weight excluding hydrogens is 275 g/mol. The Balaban J connectivity index is 2.25. The van der Waals surface area contributed by atoms with Crippen LogP contribution in [0.3, 0.4) is 0 Å². The van der Waals surface area contributed by atoms with Crippen molar-refractivity contribution in [3.05, 3.63) is 51.0 Å². The normalized spacial score (nSPS) is 11.0. The van der Waals surface area contributed by atoms with Crippen molar-refractivity contribution >= 4 is 34.1 Å². The van der Waals surface area contributed by atoms with Crippen molar-refractivity contribution < 1.29 is 0 Å². The molecule has 7 heteroatoms. The van der Waals surface area contributed by atoms with Crippen LogP contribution in [0.1, 0.15) is 0 Å². The van der Waals surface area contributed by atoms with Crippen molar-refractivity contribution in [1.29, 1.82) is 0 Å². The molecule has 0 unspecified atom stereocenters. The first kappa shape index (κ1) is 11.3. The molecule has 0 amide bonds. The number of rotatable bonds is 1. The van der Waals surface area contributed by atoms with Crippen molar-refractivity contribution in [2.45, 2.75) is 0 Å². The predicted octanol–water partition coefficient (Wildman–Crippen LogP) is 2.42. The molecular formula is C11H6Cl2N4O. The van der Waals surface area contributed by atoms with E-state index in [1.165, 1.54) is 6.20 Å². The number of halogens is 2. The second kappa shape index (κ2) is 4.12. The standard InChI is InChI=1S/C11H6Cl2N4O/c12-7-1-8(13)3-9(2-7)17-5-6-4-14-15-11(18)10(6)16-17/h1-5H,(H,15,18). The summed E-state index contributed by atoms with van der Waals surface area (Å²) in [6, 6.07) is 5.05. The van der Waals surface area contributed by atoms with Gasteiger partial charge in [0, 0.05) is 21.6 Å². The molecule has 0 aliphatic heterocycles. The first-order valence-corrected chi connectivity index (χ1v) is 5.78. The number of nitrogens with zero attached hydrogens (tertiary/aromatic N) is 3. The number of nitrogens with one attached hydrogen (secondary N) is 1. The van der Waals surface area contributed by atoms with E-state index in [1.54, 1.807) is 29.1 Å². The third-order valence-corrected chi connectivity index (χ3v) is 2.88. The smallest absolute Gasteiger partial charge is 0.265 e. The van der Waals surface area contributed by atoms with Gasteiger partial charge in [-0.2, -0.15) is 10.2 Å². The van der Waals surface area contributed by atoms with Gasteiger partial charge in [0.25, 0.3) is 5.56 Å². The van der Waals surface area contributed by atoms with E-state index < -0.39 is 0 Å². The summed E-state index contributed by atoms with van der Waals surface area (Å²) in [5.74, 6) is 0. The lowest BCUT2D eigenvalue weighted by atomic mass is 10.3. The van der Waals surface area contributed by atoms with Gasteiger partial charge >= 0.3 is 0 Å². The maximum atomic E-state index is 11.5. The topological polar surface area (TPSA) is 63.6 Å². The van der Waals surface area contributed by atoms with E-state index in [-0.39, 0.29) is 5.56 Å². The van der Waals surface area contributed by atoms with Crippen LogP contribution in [0.4, 0.5) is 0 Å². The lowest BCUT2D eigenvalue weighted by Gasteiger charge is -2.02. The third kappa shape index (κ3) is 1.87. The van der Waals surface area contributed by atoms with Gasteiger partial charge in [-0.1, -0.05) is 23.2 Å². The highest BCUT2D eigenvalue weighted by Crippen LogP contribution is 2.22. The Labute approximate surface area is 111 Å². The van der Waals surface area contributed by atoms with Gasteiger partial charge in [0.05, 0.1) is 11.9 Å². The molecule has 3 rings (SSSR count). The van der Waals surface area contributed by atoms with Gasteiger partial charge in [-0.3, -0.25) is 4.79 Å². The van der Waals surface area contributed by atoms with E-state index in [0.717, 1.165) is 0 Å². The van der Waals surface area contributed by atoms with Crippen LogP contribution in [-0.4, -0.2) is 20.0 Å². The van der Waals surface area contributed by atoms with Crippen LogP contribution in [0.15, 0.2) is 35.4 Å². The quantitative estimate of drug-likeness (QED) is 0.745. The lowest BCUT2D eigenvalue weighted by molar-refractivity contribution is 0.891. The fraction of sp³-hybridized carbons (Fsp3) is 0. The van der Waals surface area contributed by atoms with E-state index in [2.05, 4.69) is 15.3 Å². The molecule has 2 aromatic heterocycles. The molecule has 90 valence electrons. The Bertz CT molecular complexity index is 773. The summed E-state index contributed by atoms with van der Waals surface area (Å²) in [4.78, 5) is 11.5. The van der Waals surface area contributed by atoms with Crippen LogP contribution >= 0.6 is 23.2 Å². The van der Waals surface area contributed by atoms with E-state index in [1.807, 2.05) is 0 Å². The Morgan fingerprint density at radius 1 is 1.17 bits per heavy atom. The third-order valence-electron chi connectivity index (χ3n) is 2.44. The zero-order valence-electron chi connectivity index (χ0n) is 8.89. The van der Waals surface area contributed by atoms with Gasteiger partial charge < -0.3 is 0 Å². The zero-order chi connectivity index (χ0) is 12.7. The van der Waals surface area contributed by atoms with E-state index in [9.17, 15) is 4.79 Å². The van der Waals surface area contributed by atoms with Gasteiger partial charge in [0.15, 0.2) is 5.52 Å². The number of hydrogen-bond donors (Lipinski definition) is 1. The monoisotopic (exact) mass is 280 g/mol. The molecule has 0 fully saturated rings. The van der Waals surface area contributed by atoms with Gasteiger partial charge in [0.2, 0.25) is 0 Å². The van der Waals surface area contributed by atoms with E-state index >= 15 is 0 Å². The molecule has 0 aliphatic rings. The van der Waals surface area contributed by atoms with Crippen LogP contribution in [0.25, 0.3) is 16.6 Å². The van der Waals surface area contributed by atoms with Gasteiger partial charge in [-0.15, -0.1) is 0 Å². The largest absolute Gasteiger partial charge is 0.292 e. The predicted molar refractivity (Wildman–Crippen MR) is 69.5 cm³/mol. The number of hydrogen-bond acceptors (Lipinski definition) is 3. The summed E-state index contributed by atoms with van der Waals surface area (Å²) in [5, 5.41) is 11.9. The van der Waals surface area contributed by atoms with E-state index in [0.29, 0.717) is 26.6 Å². The highest BCUT2D eigenvalue weighted by Gasteiger charge is 2.07. The summed E-state index contributed by atoms with van der Waals surface area (Å²) in [6.45, 7) is 0. The Morgan fingerprint density at radius 2 is 1.89 bits per heavy atom. The Morgan fingerprint density at radius 3 is 2.56 bits per heavy atom. The molecule has 5 nitrogen and oxygen atoms in total. The van der Waals surface area contributed by atoms with Crippen LogP contribution in [-0.2, 0) is 0 Å². The zero-order valence-corrected chi connectivity index (χ0v) is 10.4. The first-order chi connectivity index (χ1) is 8.63. The van der Waals surface area contributed by atoms with Crippen LogP contribution in [0, 0.1) is 0 Å². The fourth-order valence-corrected chi connectivity index (χ4v) is 2.19. The van der Waals surface area contributed by atoms with Gasteiger partial charge in [0.1, 0.15) is 0 Å². The second-order valence-electron chi connectivity index (χ2n) is 3.70. The second-order valence-corrected chi connectivity index (χ2v) is 4.58. The van der Waals surface area contributed by atoms with Crippen LogP contribution in [0.2, 0.25) is 10.0 Å². The molecule has 0 saturated carbocycles. The fourth-order valence-electron chi connectivity index (χ4n) is 1.68. The van der Waals surface area contributed by atoms with Crippen molar-refractivity contribution in [2.75, 3.05) is 0 Å². The van der Waals surface area contributed by atoms with Crippen molar-refractivity contribution in [3.8, 4) is 5.69 Å². The first-order valence-electron chi connectivity index (χ1n) is 5.03. The molecule has 0 spiro atoms. The minimum atomic E-state index is -0.334. The molecule has 0 atom stereocenters. The summed E-state index contributed by atoms with van der Waals surface area (Å²) >= 11 is 11.8. The molecule has 1 aromatic carbocycles. The van der Waals surface area contributed by atoms with Crippen LogP contribution < -0.4 is 5.56 Å².